The van der Waals surface area contributed by atoms with Crippen molar-refractivity contribution >= 4 is 23.5 Å². The number of hydrogen-bond acceptors (Lipinski definition) is 3. The minimum atomic E-state index is -1.48. The lowest BCUT2D eigenvalue weighted by Gasteiger charge is -2.30. The molecule has 0 spiro atoms. The van der Waals surface area contributed by atoms with E-state index < -0.39 is 17.4 Å². The van der Waals surface area contributed by atoms with E-state index in [4.69, 9.17) is 16.3 Å². The first-order chi connectivity index (χ1) is 10.5. The molecule has 2 N–H and O–H groups in total. The van der Waals surface area contributed by atoms with Crippen molar-refractivity contribution in [1.29, 1.82) is 0 Å². The van der Waals surface area contributed by atoms with Crippen LogP contribution in [0.25, 0.3) is 0 Å². The molecule has 0 saturated heterocycles. The minimum Gasteiger partial charge on any atom is -0.479 e. The van der Waals surface area contributed by atoms with Crippen molar-refractivity contribution in [3.05, 3.63) is 34.9 Å². The smallest absolute Gasteiger partial charge is 0.334 e. The molecule has 6 heteroatoms. The maximum absolute atomic E-state index is 12.0. The first-order valence-electron chi connectivity index (χ1n) is 7.34. The highest BCUT2D eigenvalue weighted by Gasteiger charge is 2.40. The second kappa shape index (κ2) is 8.76. The fourth-order valence-electron chi connectivity index (χ4n) is 2.11. The number of aliphatic carboxylic acids is 1. The number of benzene rings is 1. The van der Waals surface area contributed by atoms with Gasteiger partial charge in [0.25, 0.3) is 0 Å². The van der Waals surface area contributed by atoms with Gasteiger partial charge in [-0.15, -0.1) is 0 Å². The maximum Gasteiger partial charge on any atom is 0.334 e. The molecule has 5 nitrogen and oxygen atoms in total. The normalized spacial score (nSPS) is 13.4. The van der Waals surface area contributed by atoms with Gasteiger partial charge in [0.1, 0.15) is 6.61 Å². The molecule has 0 aliphatic carbocycles. The molecule has 122 valence electrons. The molecule has 22 heavy (non-hydrogen) atoms. The number of ether oxygens (including phenoxy) is 1. The van der Waals surface area contributed by atoms with Crippen LogP contribution < -0.4 is 5.32 Å². The molecule has 0 bridgehead atoms. The van der Waals surface area contributed by atoms with Crippen LogP contribution in [0.5, 0.6) is 0 Å². The number of rotatable bonds is 9. The highest BCUT2D eigenvalue weighted by atomic mass is 35.5. The zero-order valence-corrected chi connectivity index (χ0v) is 13.7. The van der Waals surface area contributed by atoms with Gasteiger partial charge in [-0.3, -0.25) is 4.79 Å². The van der Waals surface area contributed by atoms with Gasteiger partial charge in [-0.25, -0.2) is 4.79 Å². The van der Waals surface area contributed by atoms with E-state index in [-0.39, 0.29) is 13.0 Å². The van der Waals surface area contributed by atoms with Gasteiger partial charge in [-0.05, 0) is 30.5 Å². The topological polar surface area (TPSA) is 75.6 Å². The lowest BCUT2D eigenvalue weighted by molar-refractivity contribution is -0.149. The predicted octanol–water partition coefficient (Wildman–Crippen LogP) is 2.96. The van der Waals surface area contributed by atoms with Crippen LogP contribution in [0, 0.1) is 0 Å². The number of nitrogens with one attached hydrogen (secondary N) is 1. The SMILES string of the molecule is CCCCOCC(=O)NC(CC)(C(=O)O)c1ccc(Cl)cc1. The predicted molar refractivity (Wildman–Crippen MR) is 84.9 cm³/mol. The summed E-state index contributed by atoms with van der Waals surface area (Å²) in [5.41, 5.74) is -0.996. The van der Waals surface area contributed by atoms with E-state index in [1.807, 2.05) is 6.92 Å². The van der Waals surface area contributed by atoms with E-state index in [0.29, 0.717) is 17.2 Å². The Balaban J connectivity index is 2.86. The molecule has 0 aromatic heterocycles. The summed E-state index contributed by atoms with van der Waals surface area (Å²) in [6, 6.07) is 6.43. The summed E-state index contributed by atoms with van der Waals surface area (Å²) in [5, 5.41) is 12.7. The van der Waals surface area contributed by atoms with Crippen molar-refractivity contribution in [3.8, 4) is 0 Å². The summed E-state index contributed by atoms with van der Waals surface area (Å²) in [7, 11) is 0. The van der Waals surface area contributed by atoms with Gasteiger partial charge >= 0.3 is 5.97 Å². The molecular formula is C16H22ClNO4. The summed E-state index contributed by atoms with van der Waals surface area (Å²) >= 11 is 5.83. The molecule has 0 fully saturated rings. The average molecular weight is 328 g/mol. The molecule has 0 aliphatic rings. The first-order valence-corrected chi connectivity index (χ1v) is 7.72. The zero-order chi connectivity index (χ0) is 16.6. The van der Waals surface area contributed by atoms with Gasteiger partial charge in [0.15, 0.2) is 5.54 Å². The summed E-state index contributed by atoms with van der Waals surface area (Å²) in [4.78, 5) is 23.8. The monoisotopic (exact) mass is 327 g/mol. The Kier molecular flexibility index (Phi) is 7.35. The Morgan fingerprint density at radius 3 is 2.41 bits per heavy atom. The Bertz CT molecular complexity index is 503. The van der Waals surface area contributed by atoms with E-state index in [1.54, 1.807) is 31.2 Å². The summed E-state index contributed by atoms with van der Waals surface area (Å²) < 4.78 is 5.23. The number of carboxylic acids is 1. The minimum absolute atomic E-state index is 0.150. The van der Waals surface area contributed by atoms with Gasteiger partial charge in [-0.1, -0.05) is 44.0 Å². The standard InChI is InChI=1S/C16H22ClNO4/c1-3-5-10-22-11-14(19)18-16(4-2,15(20)21)12-6-8-13(17)9-7-12/h6-9H,3-5,10-11H2,1-2H3,(H,18,19)(H,20,21). The van der Waals surface area contributed by atoms with Gasteiger partial charge in [0.2, 0.25) is 5.91 Å². The molecule has 1 aromatic carbocycles. The van der Waals surface area contributed by atoms with E-state index in [0.717, 1.165) is 12.8 Å². The number of carbonyl (C=O) groups excluding carboxylic acids is 1. The fourth-order valence-corrected chi connectivity index (χ4v) is 2.24. The van der Waals surface area contributed by atoms with Crippen molar-refractivity contribution in [3.63, 3.8) is 0 Å². The number of halogens is 1. The Morgan fingerprint density at radius 1 is 1.27 bits per heavy atom. The van der Waals surface area contributed by atoms with Crippen LogP contribution in [0.4, 0.5) is 0 Å². The van der Waals surface area contributed by atoms with E-state index in [9.17, 15) is 14.7 Å². The van der Waals surface area contributed by atoms with Gasteiger partial charge < -0.3 is 15.2 Å². The van der Waals surface area contributed by atoms with Crippen molar-refractivity contribution in [2.45, 2.75) is 38.6 Å². The van der Waals surface area contributed by atoms with Crippen LogP contribution >= 0.6 is 11.6 Å². The van der Waals surface area contributed by atoms with Crippen LogP contribution in [0.1, 0.15) is 38.7 Å². The molecule has 0 saturated carbocycles. The number of unbranched alkanes of at least 4 members (excludes halogenated alkanes) is 1. The van der Waals surface area contributed by atoms with Crippen molar-refractivity contribution in [2.75, 3.05) is 13.2 Å². The van der Waals surface area contributed by atoms with E-state index in [1.165, 1.54) is 0 Å². The van der Waals surface area contributed by atoms with Gasteiger partial charge in [-0.2, -0.15) is 0 Å². The zero-order valence-electron chi connectivity index (χ0n) is 12.9. The Labute approximate surface area is 135 Å². The second-order valence-electron chi connectivity index (χ2n) is 5.03. The average Bonchev–Trinajstić information content (AvgIpc) is 2.50. The molecule has 1 atom stereocenters. The summed E-state index contributed by atoms with van der Waals surface area (Å²) in [6.07, 6.45) is 2.05. The van der Waals surface area contributed by atoms with Crippen LogP contribution in [0.2, 0.25) is 5.02 Å². The van der Waals surface area contributed by atoms with Crippen molar-refractivity contribution in [1.82, 2.24) is 5.32 Å². The lowest BCUT2D eigenvalue weighted by Crippen LogP contribution is -2.52. The highest BCUT2D eigenvalue weighted by Crippen LogP contribution is 2.27. The molecule has 0 heterocycles. The third kappa shape index (κ3) is 4.71. The van der Waals surface area contributed by atoms with Crippen LogP contribution in [-0.4, -0.2) is 30.2 Å². The molecular weight excluding hydrogens is 306 g/mol. The maximum atomic E-state index is 12.0. The van der Waals surface area contributed by atoms with Crippen LogP contribution in [0.15, 0.2) is 24.3 Å². The van der Waals surface area contributed by atoms with Crippen LogP contribution in [-0.2, 0) is 19.9 Å². The molecule has 1 amide bonds. The summed E-state index contributed by atoms with van der Waals surface area (Å²) in [6.45, 7) is 4.07. The number of carboxylic acid groups (broad SMARTS) is 1. The summed E-state index contributed by atoms with van der Waals surface area (Å²) in [5.74, 6) is -1.56. The highest BCUT2D eigenvalue weighted by molar-refractivity contribution is 6.30. The first kappa shape index (κ1) is 18.5. The number of amides is 1. The van der Waals surface area contributed by atoms with Crippen molar-refractivity contribution in [2.24, 2.45) is 0 Å². The van der Waals surface area contributed by atoms with Crippen LogP contribution in [0.3, 0.4) is 0 Å². The Hall–Kier alpha value is -1.59. The van der Waals surface area contributed by atoms with E-state index >= 15 is 0 Å². The Morgan fingerprint density at radius 2 is 1.91 bits per heavy atom. The van der Waals surface area contributed by atoms with Gasteiger partial charge in [0.05, 0.1) is 0 Å². The quantitative estimate of drug-likeness (QED) is 0.684. The fraction of sp³-hybridized carbons (Fsp3) is 0.500. The molecule has 0 aliphatic heterocycles. The van der Waals surface area contributed by atoms with E-state index in [2.05, 4.69) is 5.32 Å². The van der Waals surface area contributed by atoms with Gasteiger partial charge in [0, 0.05) is 11.6 Å². The third-order valence-corrected chi connectivity index (χ3v) is 3.71. The number of carbonyl (C=O) groups is 2. The van der Waals surface area contributed by atoms with Crippen molar-refractivity contribution < 1.29 is 19.4 Å². The molecule has 1 aromatic rings. The second-order valence-corrected chi connectivity index (χ2v) is 5.46. The molecule has 1 unspecified atom stereocenters. The molecule has 1 rings (SSSR count). The molecule has 0 radical (unpaired) electrons. The number of hydrogen-bond donors (Lipinski definition) is 2. The largest absolute Gasteiger partial charge is 0.479 e. The third-order valence-electron chi connectivity index (χ3n) is 3.46. The lowest BCUT2D eigenvalue weighted by atomic mass is 9.87.